The van der Waals surface area contributed by atoms with Crippen molar-refractivity contribution in [1.29, 1.82) is 5.26 Å². The monoisotopic (exact) mass is 557 g/mol. The summed E-state index contributed by atoms with van der Waals surface area (Å²) < 4.78 is 40.5. The highest BCUT2D eigenvalue weighted by Crippen LogP contribution is 2.38. The van der Waals surface area contributed by atoms with Gasteiger partial charge in [-0.2, -0.15) is 9.65 Å². The molecular formula is C30H28ClFN8. The van der Waals surface area contributed by atoms with Crippen molar-refractivity contribution < 1.29 is 8.50 Å². The molecule has 2 aromatic heterocycles. The maximum atomic E-state index is 13.8. The molecule has 0 radical (unpaired) electrons. The molecule has 0 unspecified atom stereocenters. The van der Waals surface area contributed by atoms with Crippen LogP contribution in [0, 0.1) is 17.3 Å². The van der Waals surface area contributed by atoms with Crippen molar-refractivity contribution in [3.8, 4) is 6.07 Å². The van der Waals surface area contributed by atoms with E-state index in [1.54, 1.807) is 18.3 Å². The van der Waals surface area contributed by atoms with Crippen molar-refractivity contribution in [3.63, 3.8) is 0 Å². The number of nitriles is 1. The molecule has 202 valence electrons. The van der Waals surface area contributed by atoms with Gasteiger partial charge in [0, 0.05) is 38.5 Å². The molecule has 8 nitrogen and oxygen atoms in total. The van der Waals surface area contributed by atoms with Gasteiger partial charge in [0.25, 0.3) is 0 Å². The molecule has 0 bridgehead atoms. The fourth-order valence-electron chi connectivity index (χ4n) is 4.65. The van der Waals surface area contributed by atoms with Gasteiger partial charge in [0.05, 0.1) is 40.9 Å². The van der Waals surface area contributed by atoms with Gasteiger partial charge >= 0.3 is 0 Å². The molecule has 2 aromatic carbocycles. The lowest BCUT2D eigenvalue weighted by Crippen LogP contribution is -2.38. The highest BCUT2D eigenvalue weighted by atomic mass is 35.5. The van der Waals surface area contributed by atoms with Gasteiger partial charge in [-0.15, -0.1) is 5.53 Å². The van der Waals surface area contributed by atoms with E-state index in [9.17, 15) is 11.0 Å². The molecule has 1 fully saturated rings. The van der Waals surface area contributed by atoms with Crippen molar-refractivity contribution in [2.75, 3.05) is 10.6 Å². The summed E-state index contributed by atoms with van der Waals surface area (Å²) >= 11 is 6.74. The van der Waals surface area contributed by atoms with Gasteiger partial charge in [0.2, 0.25) is 5.95 Å². The fraction of sp³-hybridized carbons (Fsp3) is 0.233. The van der Waals surface area contributed by atoms with E-state index < -0.39 is 24.4 Å². The molecule has 4 aromatic rings. The van der Waals surface area contributed by atoms with Crippen LogP contribution in [0.5, 0.6) is 0 Å². The number of hydrazine groups is 2. The topological polar surface area (TPSA) is 101 Å². The van der Waals surface area contributed by atoms with Crippen LogP contribution in [0.15, 0.2) is 78.9 Å². The number of hydrogen-bond donors (Lipinski definition) is 4. The van der Waals surface area contributed by atoms with E-state index >= 15 is 0 Å². The molecule has 0 saturated heterocycles. The normalized spacial score (nSPS) is 18.4. The van der Waals surface area contributed by atoms with Crippen LogP contribution in [0.25, 0.3) is 10.9 Å². The number of aromatic nitrogens is 2. The molecule has 3 heterocycles. The molecule has 40 heavy (non-hydrogen) atoms. The lowest BCUT2D eigenvalue weighted by molar-refractivity contribution is 0.260. The average molecular weight is 558 g/mol. The maximum Gasteiger partial charge on any atom is 0.212 e. The number of benzene rings is 2. The first kappa shape index (κ1) is 22.4. The van der Waals surface area contributed by atoms with Gasteiger partial charge in [-0.3, -0.25) is 9.99 Å². The van der Waals surface area contributed by atoms with Crippen molar-refractivity contribution >= 4 is 33.9 Å². The third-order valence-corrected chi connectivity index (χ3v) is 7.13. The molecule has 2 aliphatic rings. The summed E-state index contributed by atoms with van der Waals surface area (Å²) in [5.74, 6) is -0.666. The van der Waals surface area contributed by atoms with E-state index in [1.807, 2.05) is 35.3 Å². The average Bonchev–Trinajstić information content (AvgIpc) is 3.71. The smallest absolute Gasteiger partial charge is 0.212 e. The Morgan fingerprint density at radius 3 is 2.70 bits per heavy atom. The van der Waals surface area contributed by atoms with Gasteiger partial charge in [-0.25, -0.2) is 4.98 Å². The number of hydrogen-bond acceptors (Lipinski definition) is 8. The first-order chi connectivity index (χ1) is 20.6. The molecule has 6 rings (SSSR count). The minimum Gasteiger partial charge on any atom is -0.377 e. The summed E-state index contributed by atoms with van der Waals surface area (Å²) in [4.78, 5) is 8.20. The van der Waals surface area contributed by atoms with Crippen molar-refractivity contribution in [1.82, 2.24) is 25.9 Å². The third kappa shape index (κ3) is 5.24. The minimum absolute atomic E-state index is 0.204. The second-order valence-electron chi connectivity index (χ2n) is 9.58. The van der Waals surface area contributed by atoms with Crippen LogP contribution in [0.3, 0.4) is 0 Å². The SMILES string of the molecule is [2H]C([2H])(C)[C@@H](Nc1c(C#N)cnc2c(Cl)cc(N[C@@]([2H])(C3=CN(C4CC4)NN3)c3ccc(F)nc3)cc12)c1ccccc1. The Balaban J connectivity index is 1.46. The first-order valence-electron chi connectivity index (χ1n) is 14.3. The van der Waals surface area contributed by atoms with E-state index in [4.69, 9.17) is 14.3 Å². The molecule has 10 heteroatoms. The zero-order chi connectivity index (χ0) is 30.4. The Morgan fingerprint density at radius 1 is 1.18 bits per heavy atom. The second-order valence-corrected chi connectivity index (χ2v) is 9.98. The third-order valence-electron chi connectivity index (χ3n) is 6.84. The quantitative estimate of drug-likeness (QED) is 0.177. The summed E-state index contributed by atoms with van der Waals surface area (Å²) in [6, 6.07) is 15.2. The molecular weight excluding hydrogens is 527 g/mol. The largest absolute Gasteiger partial charge is 0.377 e. The summed E-state index contributed by atoms with van der Waals surface area (Å²) in [7, 11) is 0. The second kappa shape index (κ2) is 11.0. The van der Waals surface area contributed by atoms with Gasteiger partial charge < -0.3 is 16.1 Å². The molecule has 4 N–H and O–H groups in total. The van der Waals surface area contributed by atoms with Gasteiger partial charge in [0.1, 0.15) is 6.07 Å². The zero-order valence-electron chi connectivity index (χ0n) is 24.5. The molecule has 2 atom stereocenters. The van der Waals surface area contributed by atoms with E-state index in [2.05, 4.69) is 37.6 Å². The van der Waals surface area contributed by atoms with Crippen LogP contribution in [0.4, 0.5) is 15.8 Å². The van der Waals surface area contributed by atoms with Crippen molar-refractivity contribution in [2.24, 2.45) is 0 Å². The number of anilines is 2. The highest BCUT2D eigenvalue weighted by Gasteiger charge is 2.32. The predicted molar refractivity (Wildman–Crippen MR) is 154 cm³/mol. The van der Waals surface area contributed by atoms with Crippen LogP contribution < -0.4 is 21.6 Å². The van der Waals surface area contributed by atoms with Crippen molar-refractivity contribution in [3.05, 3.63) is 107 Å². The predicted octanol–water partition coefficient (Wildman–Crippen LogP) is 6.34. The Labute approximate surface area is 241 Å². The van der Waals surface area contributed by atoms with Gasteiger partial charge in [0.15, 0.2) is 0 Å². The zero-order valence-corrected chi connectivity index (χ0v) is 22.3. The standard InChI is InChI=1S/C30H28ClFN8/c1-2-25(18-6-4-3-5-7-18)37-28-20(14-33)16-35-30-23(28)12-21(13-24(30)31)36-29(19-8-11-27(32)34-15-19)26-17-40(39-38-26)22-9-10-22/h3-8,11-13,15-17,22,25,29,36,38-39H,2,9-10H2,1H3,(H,35,37)/t25-,29-/m1/s1/i2D2,29D. The summed E-state index contributed by atoms with van der Waals surface area (Å²) in [6.07, 6.45) is 4.85. The summed E-state index contributed by atoms with van der Waals surface area (Å²) in [5, 5.41) is 19.1. The van der Waals surface area contributed by atoms with Crippen LogP contribution in [0.2, 0.25) is 5.02 Å². The minimum atomic E-state index is -1.71. The highest BCUT2D eigenvalue weighted by molar-refractivity contribution is 6.35. The molecule has 1 aliphatic carbocycles. The van der Waals surface area contributed by atoms with Gasteiger partial charge in [-0.05, 0) is 48.5 Å². The first-order valence-corrected chi connectivity index (χ1v) is 13.2. The number of halogens is 2. The van der Waals surface area contributed by atoms with E-state index in [1.165, 1.54) is 31.5 Å². The number of nitrogens with one attached hydrogen (secondary N) is 4. The Kier molecular flexibility index (Phi) is 6.17. The number of pyridine rings is 2. The van der Waals surface area contributed by atoms with Crippen LogP contribution >= 0.6 is 11.6 Å². The Bertz CT molecular complexity index is 1740. The Hall–Kier alpha value is -4.39. The number of nitrogens with zero attached hydrogens (tertiary/aromatic N) is 4. The summed E-state index contributed by atoms with van der Waals surface area (Å²) in [6.45, 7) is 1.47. The lowest BCUT2D eigenvalue weighted by Gasteiger charge is -2.23. The molecule has 0 amide bonds. The van der Waals surface area contributed by atoms with E-state index in [0.29, 0.717) is 45.1 Å². The van der Waals surface area contributed by atoms with Crippen molar-refractivity contribution in [2.45, 2.75) is 44.2 Å². The molecule has 0 spiro atoms. The number of rotatable bonds is 9. The molecule has 1 saturated carbocycles. The maximum absolute atomic E-state index is 13.8. The van der Waals surface area contributed by atoms with E-state index in [0.717, 1.165) is 12.8 Å². The number of fused-ring (bicyclic) bond motifs is 1. The van der Waals surface area contributed by atoms with Gasteiger partial charge in [-0.1, -0.05) is 54.9 Å². The van der Waals surface area contributed by atoms with Crippen LogP contribution in [-0.2, 0) is 0 Å². The van der Waals surface area contributed by atoms with Crippen LogP contribution in [-0.4, -0.2) is 21.0 Å². The lowest BCUT2D eigenvalue weighted by atomic mass is 10.0. The Morgan fingerprint density at radius 2 is 2.00 bits per heavy atom. The molecule has 1 aliphatic heterocycles. The van der Waals surface area contributed by atoms with Crippen LogP contribution in [0.1, 0.15) is 59.0 Å². The van der Waals surface area contributed by atoms with E-state index in [-0.39, 0.29) is 10.6 Å². The fourth-order valence-corrected chi connectivity index (χ4v) is 4.92. The summed E-state index contributed by atoms with van der Waals surface area (Å²) in [5.41, 5.74) is 9.04.